The Kier molecular flexibility index (Phi) is 7.87. The molecule has 0 fully saturated rings. The van der Waals surface area contributed by atoms with E-state index in [0.29, 0.717) is 30.9 Å². The molecule has 0 heterocycles. The molecule has 6 heteroatoms. The number of ether oxygens (including phenoxy) is 2. The van der Waals surface area contributed by atoms with Crippen molar-refractivity contribution in [2.75, 3.05) is 32.2 Å². The molecule has 0 radical (unpaired) electrons. The van der Waals surface area contributed by atoms with Gasteiger partial charge in [0.1, 0.15) is 11.5 Å². The summed E-state index contributed by atoms with van der Waals surface area (Å²) in [5.74, 6) is 1.18. The topological polar surface area (TPSA) is 67.9 Å². The highest BCUT2D eigenvalue weighted by Crippen LogP contribution is 2.29. The Morgan fingerprint density at radius 3 is 2.54 bits per heavy atom. The molecular weight excluding hydrogens is 356 g/mol. The smallest absolute Gasteiger partial charge is 0.223 e. The van der Waals surface area contributed by atoms with Crippen LogP contribution in [-0.4, -0.2) is 39.1 Å². The summed E-state index contributed by atoms with van der Waals surface area (Å²) in [4.78, 5) is 25.9. The van der Waals surface area contributed by atoms with Gasteiger partial charge in [0.25, 0.3) is 0 Å². The third-order valence-electron chi connectivity index (χ3n) is 4.44. The standard InChI is InChI=1S/C22H28N2O4/c1-16-8-9-21(28-4)20(14-16)24(17(2)25)13-11-22(26)23-12-10-18-6-5-7-19(15-18)27-3/h5-9,14-15H,10-13H2,1-4H3,(H,23,26). The summed E-state index contributed by atoms with van der Waals surface area (Å²) >= 11 is 0. The van der Waals surface area contributed by atoms with Gasteiger partial charge in [0.2, 0.25) is 11.8 Å². The van der Waals surface area contributed by atoms with Crippen LogP contribution in [0.4, 0.5) is 5.69 Å². The molecule has 150 valence electrons. The van der Waals surface area contributed by atoms with Crippen LogP contribution in [0.5, 0.6) is 11.5 Å². The largest absolute Gasteiger partial charge is 0.497 e. The fourth-order valence-electron chi connectivity index (χ4n) is 2.93. The van der Waals surface area contributed by atoms with E-state index in [4.69, 9.17) is 9.47 Å². The number of carbonyl (C=O) groups excluding carboxylic acids is 2. The average molecular weight is 384 g/mol. The van der Waals surface area contributed by atoms with Gasteiger partial charge in [-0.05, 0) is 48.7 Å². The number of anilines is 1. The lowest BCUT2D eigenvalue weighted by molar-refractivity contribution is -0.121. The van der Waals surface area contributed by atoms with E-state index in [1.807, 2.05) is 49.4 Å². The first-order chi connectivity index (χ1) is 13.4. The second-order valence-corrected chi connectivity index (χ2v) is 6.55. The summed E-state index contributed by atoms with van der Waals surface area (Å²) in [5, 5.41) is 2.91. The van der Waals surface area contributed by atoms with Gasteiger partial charge in [-0.25, -0.2) is 0 Å². The van der Waals surface area contributed by atoms with E-state index in [-0.39, 0.29) is 18.2 Å². The van der Waals surface area contributed by atoms with E-state index in [0.717, 1.165) is 16.9 Å². The highest BCUT2D eigenvalue weighted by molar-refractivity contribution is 5.94. The monoisotopic (exact) mass is 384 g/mol. The lowest BCUT2D eigenvalue weighted by atomic mass is 10.1. The van der Waals surface area contributed by atoms with E-state index in [1.54, 1.807) is 19.1 Å². The van der Waals surface area contributed by atoms with Gasteiger partial charge in [-0.15, -0.1) is 0 Å². The first-order valence-corrected chi connectivity index (χ1v) is 9.27. The minimum atomic E-state index is -0.131. The first kappa shape index (κ1) is 21.3. The van der Waals surface area contributed by atoms with Crippen molar-refractivity contribution in [3.63, 3.8) is 0 Å². The fourth-order valence-corrected chi connectivity index (χ4v) is 2.93. The lowest BCUT2D eigenvalue weighted by Crippen LogP contribution is -2.34. The molecule has 2 rings (SSSR count). The molecule has 2 amide bonds. The molecule has 2 aromatic rings. The Morgan fingerprint density at radius 2 is 1.86 bits per heavy atom. The summed E-state index contributed by atoms with van der Waals surface area (Å²) in [7, 11) is 3.20. The van der Waals surface area contributed by atoms with Gasteiger partial charge < -0.3 is 19.7 Å². The molecule has 28 heavy (non-hydrogen) atoms. The second kappa shape index (κ2) is 10.3. The van der Waals surface area contributed by atoms with Crippen molar-refractivity contribution in [2.24, 2.45) is 0 Å². The maximum absolute atomic E-state index is 12.2. The number of aryl methyl sites for hydroxylation is 1. The number of hydrogen-bond donors (Lipinski definition) is 1. The van der Waals surface area contributed by atoms with E-state index < -0.39 is 0 Å². The number of hydrogen-bond acceptors (Lipinski definition) is 4. The first-order valence-electron chi connectivity index (χ1n) is 9.27. The Morgan fingerprint density at radius 1 is 1.07 bits per heavy atom. The number of nitrogens with zero attached hydrogens (tertiary/aromatic N) is 1. The molecule has 0 unspecified atom stereocenters. The zero-order valence-electron chi connectivity index (χ0n) is 17.0. The van der Waals surface area contributed by atoms with Crippen LogP contribution in [0.3, 0.4) is 0 Å². The van der Waals surface area contributed by atoms with Gasteiger partial charge in [0.05, 0.1) is 19.9 Å². The fraction of sp³-hybridized carbons (Fsp3) is 0.364. The number of nitrogens with one attached hydrogen (secondary N) is 1. The molecule has 0 atom stereocenters. The summed E-state index contributed by atoms with van der Waals surface area (Å²) < 4.78 is 10.6. The van der Waals surface area contributed by atoms with E-state index >= 15 is 0 Å². The molecule has 6 nitrogen and oxygen atoms in total. The van der Waals surface area contributed by atoms with E-state index in [2.05, 4.69) is 5.32 Å². The number of amides is 2. The molecule has 1 N–H and O–H groups in total. The second-order valence-electron chi connectivity index (χ2n) is 6.55. The summed E-state index contributed by atoms with van der Waals surface area (Å²) in [6.45, 7) is 4.26. The molecule has 0 saturated heterocycles. The molecule has 0 aliphatic heterocycles. The average Bonchev–Trinajstić information content (AvgIpc) is 2.68. The maximum atomic E-state index is 12.2. The number of rotatable bonds is 9. The zero-order valence-corrected chi connectivity index (χ0v) is 17.0. The Bertz CT molecular complexity index is 820. The van der Waals surface area contributed by atoms with E-state index in [9.17, 15) is 9.59 Å². The van der Waals surface area contributed by atoms with Crippen molar-refractivity contribution < 1.29 is 19.1 Å². The molecule has 0 bridgehead atoms. The summed E-state index contributed by atoms with van der Waals surface area (Å²) in [6.07, 6.45) is 0.930. The Hall–Kier alpha value is -3.02. The highest BCUT2D eigenvalue weighted by Gasteiger charge is 2.17. The zero-order chi connectivity index (χ0) is 20.5. The molecule has 0 saturated carbocycles. The van der Waals surface area contributed by atoms with Crippen molar-refractivity contribution in [3.05, 3.63) is 53.6 Å². The third-order valence-corrected chi connectivity index (χ3v) is 4.44. The van der Waals surface area contributed by atoms with Gasteiger partial charge in [-0.2, -0.15) is 0 Å². The van der Waals surface area contributed by atoms with Crippen molar-refractivity contribution in [3.8, 4) is 11.5 Å². The number of methoxy groups -OCH3 is 2. The van der Waals surface area contributed by atoms with Crippen LogP contribution in [0.1, 0.15) is 24.5 Å². The van der Waals surface area contributed by atoms with Crippen LogP contribution in [-0.2, 0) is 16.0 Å². The van der Waals surface area contributed by atoms with Crippen LogP contribution in [0, 0.1) is 6.92 Å². The highest BCUT2D eigenvalue weighted by atomic mass is 16.5. The minimum Gasteiger partial charge on any atom is -0.497 e. The quantitative estimate of drug-likeness (QED) is 0.721. The van der Waals surface area contributed by atoms with Gasteiger partial charge >= 0.3 is 0 Å². The SMILES string of the molecule is COc1cccc(CCNC(=O)CCN(C(C)=O)c2cc(C)ccc2OC)c1. The molecule has 0 aliphatic carbocycles. The van der Waals surface area contributed by atoms with Crippen molar-refractivity contribution >= 4 is 17.5 Å². The van der Waals surface area contributed by atoms with Crippen LogP contribution in [0.15, 0.2) is 42.5 Å². The molecular formula is C22H28N2O4. The van der Waals surface area contributed by atoms with Crippen LogP contribution in [0.25, 0.3) is 0 Å². The number of carbonyl (C=O) groups is 2. The molecule has 2 aromatic carbocycles. The minimum absolute atomic E-state index is 0.0965. The van der Waals surface area contributed by atoms with Crippen molar-refractivity contribution in [1.29, 1.82) is 0 Å². The maximum Gasteiger partial charge on any atom is 0.223 e. The predicted octanol–water partition coefficient (Wildman–Crippen LogP) is 3.11. The molecule has 0 aliphatic rings. The van der Waals surface area contributed by atoms with Gasteiger partial charge in [-0.1, -0.05) is 18.2 Å². The van der Waals surface area contributed by atoms with Crippen LogP contribution in [0.2, 0.25) is 0 Å². The normalized spacial score (nSPS) is 10.3. The van der Waals surface area contributed by atoms with Gasteiger partial charge in [0.15, 0.2) is 0 Å². The van der Waals surface area contributed by atoms with Gasteiger partial charge in [-0.3, -0.25) is 9.59 Å². The number of benzene rings is 2. The third kappa shape index (κ3) is 6.01. The van der Waals surface area contributed by atoms with Crippen molar-refractivity contribution in [1.82, 2.24) is 5.32 Å². The Balaban J connectivity index is 1.90. The van der Waals surface area contributed by atoms with Gasteiger partial charge in [0, 0.05) is 26.4 Å². The lowest BCUT2D eigenvalue weighted by Gasteiger charge is -2.23. The van der Waals surface area contributed by atoms with Crippen LogP contribution >= 0.6 is 0 Å². The van der Waals surface area contributed by atoms with Crippen LogP contribution < -0.4 is 19.7 Å². The summed E-state index contributed by atoms with van der Waals surface area (Å²) in [6, 6.07) is 13.4. The Labute approximate surface area is 166 Å². The predicted molar refractivity (Wildman–Crippen MR) is 110 cm³/mol. The molecule has 0 spiro atoms. The summed E-state index contributed by atoms with van der Waals surface area (Å²) in [5.41, 5.74) is 2.79. The molecule has 0 aromatic heterocycles. The van der Waals surface area contributed by atoms with E-state index in [1.165, 1.54) is 6.92 Å². The van der Waals surface area contributed by atoms with Crippen molar-refractivity contribution in [2.45, 2.75) is 26.7 Å².